The summed E-state index contributed by atoms with van der Waals surface area (Å²) in [6.45, 7) is 1.82. The van der Waals surface area contributed by atoms with E-state index < -0.39 is 0 Å². The van der Waals surface area contributed by atoms with Gasteiger partial charge in [0.05, 0.1) is 5.56 Å². The van der Waals surface area contributed by atoms with E-state index in [0.29, 0.717) is 41.8 Å². The highest BCUT2D eigenvalue weighted by Crippen LogP contribution is 2.19. The van der Waals surface area contributed by atoms with Gasteiger partial charge in [0, 0.05) is 31.5 Å². The smallest absolute Gasteiger partial charge is 0.321 e. The van der Waals surface area contributed by atoms with E-state index in [1.54, 1.807) is 23.2 Å². The number of amides is 3. The Balaban J connectivity index is 1.44. The van der Waals surface area contributed by atoms with Crippen LogP contribution in [0.4, 0.5) is 14.9 Å². The van der Waals surface area contributed by atoms with E-state index in [0.717, 1.165) is 12.8 Å². The monoisotopic (exact) mass is 402 g/mol. The number of anilines is 1. The van der Waals surface area contributed by atoms with Crippen LogP contribution in [-0.4, -0.2) is 47.7 Å². The fourth-order valence-electron chi connectivity index (χ4n) is 3.13. The van der Waals surface area contributed by atoms with Crippen molar-refractivity contribution in [2.45, 2.75) is 17.9 Å². The van der Waals surface area contributed by atoms with Gasteiger partial charge in [-0.3, -0.25) is 4.79 Å². The number of pyridine rings is 1. The summed E-state index contributed by atoms with van der Waals surface area (Å²) in [5.41, 5.74) is 1.16. The number of urea groups is 1. The molecule has 1 aromatic carbocycles. The van der Waals surface area contributed by atoms with Crippen molar-refractivity contribution >= 4 is 29.4 Å². The molecule has 3 rings (SSSR count). The van der Waals surface area contributed by atoms with Crippen LogP contribution in [0.1, 0.15) is 23.2 Å². The average Bonchev–Trinajstić information content (AvgIpc) is 2.74. The van der Waals surface area contributed by atoms with Crippen LogP contribution in [0, 0.1) is 11.7 Å². The summed E-state index contributed by atoms with van der Waals surface area (Å²) in [5, 5.41) is 6.48. The normalized spacial score (nSPS) is 14.6. The van der Waals surface area contributed by atoms with Crippen molar-refractivity contribution in [3.05, 3.63) is 54.0 Å². The first-order chi connectivity index (χ1) is 13.6. The largest absolute Gasteiger partial charge is 0.352 e. The summed E-state index contributed by atoms with van der Waals surface area (Å²) in [7, 11) is 0. The van der Waals surface area contributed by atoms with E-state index in [2.05, 4.69) is 15.6 Å². The number of halogens is 1. The van der Waals surface area contributed by atoms with Gasteiger partial charge in [-0.2, -0.15) is 0 Å². The molecule has 8 heteroatoms. The highest BCUT2D eigenvalue weighted by Gasteiger charge is 2.23. The Bertz CT molecular complexity index is 823. The summed E-state index contributed by atoms with van der Waals surface area (Å²) in [6.07, 6.45) is 5.21. The Kier molecular flexibility index (Phi) is 6.86. The lowest BCUT2D eigenvalue weighted by Gasteiger charge is -2.32. The summed E-state index contributed by atoms with van der Waals surface area (Å²) in [6, 6.07) is 9.05. The molecular weight excluding hydrogens is 379 g/mol. The van der Waals surface area contributed by atoms with Gasteiger partial charge in [-0.25, -0.2) is 14.2 Å². The maximum Gasteiger partial charge on any atom is 0.321 e. The van der Waals surface area contributed by atoms with E-state index in [9.17, 15) is 14.0 Å². The number of likely N-dealkylation sites (tertiary alicyclic amines) is 1. The number of thioether (sulfide) groups is 1. The molecule has 0 radical (unpaired) electrons. The van der Waals surface area contributed by atoms with Crippen LogP contribution in [0.3, 0.4) is 0 Å². The standard InChI is InChI=1S/C20H23FN4O2S/c1-28-19-17(3-2-10-22-19)18(26)23-13-14-8-11-25(12-9-14)20(27)24-16-6-4-15(21)5-7-16/h2-7,10,14H,8-9,11-13H2,1H3,(H,23,26)(H,24,27). The van der Waals surface area contributed by atoms with E-state index in [4.69, 9.17) is 0 Å². The minimum atomic E-state index is -0.336. The van der Waals surface area contributed by atoms with Crippen LogP contribution < -0.4 is 10.6 Å². The second-order valence-electron chi connectivity index (χ2n) is 6.64. The van der Waals surface area contributed by atoms with Gasteiger partial charge < -0.3 is 15.5 Å². The third-order valence-corrected chi connectivity index (χ3v) is 5.47. The molecule has 1 fully saturated rings. The summed E-state index contributed by atoms with van der Waals surface area (Å²) in [5.74, 6) is -0.126. The first-order valence-electron chi connectivity index (χ1n) is 9.15. The Labute approximate surface area is 167 Å². The molecule has 0 spiro atoms. The lowest BCUT2D eigenvalue weighted by atomic mass is 9.97. The molecule has 1 saturated heterocycles. The van der Waals surface area contributed by atoms with E-state index >= 15 is 0 Å². The molecule has 1 aliphatic heterocycles. The number of benzene rings is 1. The average molecular weight is 402 g/mol. The fraction of sp³-hybridized carbons (Fsp3) is 0.350. The molecule has 1 aliphatic rings. The van der Waals surface area contributed by atoms with Crippen LogP contribution in [0.5, 0.6) is 0 Å². The molecule has 0 atom stereocenters. The second-order valence-corrected chi connectivity index (χ2v) is 7.43. The molecule has 3 amide bonds. The zero-order chi connectivity index (χ0) is 19.9. The highest BCUT2D eigenvalue weighted by atomic mass is 32.2. The Morgan fingerprint density at radius 3 is 2.61 bits per heavy atom. The van der Waals surface area contributed by atoms with Crippen LogP contribution in [0.25, 0.3) is 0 Å². The zero-order valence-corrected chi connectivity index (χ0v) is 16.5. The zero-order valence-electron chi connectivity index (χ0n) is 15.7. The van der Waals surface area contributed by atoms with E-state index in [1.165, 1.54) is 36.0 Å². The minimum Gasteiger partial charge on any atom is -0.352 e. The van der Waals surface area contributed by atoms with Crippen LogP contribution in [0.2, 0.25) is 0 Å². The number of carbonyl (C=O) groups is 2. The van der Waals surface area contributed by atoms with Gasteiger partial charge in [-0.05, 0) is 61.4 Å². The quantitative estimate of drug-likeness (QED) is 0.749. The van der Waals surface area contributed by atoms with E-state index in [1.807, 2.05) is 6.26 Å². The lowest BCUT2D eigenvalue weighted by molar-refractivity contribution is 0.0935. The molecule has 0 unspecified atom stereocenters. The predicted octanol–water partition coefficient (Wildman–Crippen LogP) is 3.62. The van der Waals surface area contributed by atoms with Crippen molar-refractivity contribution in [3.8, 4) is 0 Å². The third kappa shape index (κ3) is 5.22. The van der Waals surface area contributed by atoms with Gasteiger partial charge in [-0.1, -0.05) is 0 Å². The number of hydrogen-bond donors (Lipinski definition) is 2. The number of aromatic nitrogens is 1. The maximum absolute atomic E-state index is 12.9. The summed E-state index contributed by atoms with van der Waals surface area (Å²) in [4.78, 5) is 30.7. The molecule has 0 saturated carbocycles. The Hall–Kier alpha value is -2.61. The Morgan fingerprint density at radius 2 is 1.93 bits per heavy atom. The van der Waals surface area contributed by atoms with Crippen molar-refractivity contribution < 1.29 is 14.0 Å². The fourth-order valence-corrected chi connectivity index (χ4v) is 3.68. The molecule has 2 aromatic rings. The van der Waals surface area contributed by atoms with Crippen molar-refractivity contribution in [3.63, 3.8) is 0 Å². The van der Waals surface area contributed by atoms with Crippen molar-refractivity contribution in [1.29, 1.82) is 0 Å². The SMILES string of the molecule is CSc1ncccc1C(=O)NCC1CCN(C(=O)Nc2ccc(F)cc2)CC1. The number of nitrogens with zero attached hydrogens (tertiary/aromatic N) is 2. The summed E-state index contributed by atoms with van der Waals surface area (Å²) < 4.78 is 12.9. The molecule has 6 nitrogen and oxygen atoms in total. The van der Waals surface area contributed by atoms with Crippen molar-refractivity contribution in [2.75, 3.05) is 31.2 Å². The molecule has 28 heavy (non-hydrogen) atoms. The molecule has 0 bridgehead atoms. The lowest BCUT2D eigenvalue weighted by Crippen LogP contribution is -2.43. The molecule has 0 aliphatic carbocycles. The van der Waals surface area contributed by atoms with Gasteiger partial charge >= 0.3 is 6.03 Å². The van der Waals surface area contributed by atoms with Gasteiger partial charge in [0.15, 0.2) is 0 Å². The number of nitrogens with one attached hydrogen (secondary N) is 2. The summed E-state index contributed by atoms with van der Waals surface area (Å²) >= 11 is 1.45. The molecular formula is C20H23FN4O2S. The maximum atomic E-state index is 12.9. The topological polar surface area (TPSA) is 74.3 Å². The number of rotatable bonds is 5. The second kappa shape index (κ2) is 9.54. The number of carbonyl (C=O) groups excluding carboxylic acids is 2. The van der Waals surface area contributed by atoms with Gasteiger partial charge in [0.25, 0.3) is 5.91 Å². The number of hydrogen-bond acceptors (Lipinski definition) is 4. The van der Waals surface area contributed by atoms with Gasteiger partial charge in [-0.15, -0.1) is 11.8 Å². The minimum absolute atomic E-state index is 0.117. The highest BCUT2D eigenvalue weighted by molar-refractivity contribution is 7.98. The number of piperidine rings is 1. The van der Waals surface area contributed by atoms with Gasteiger partial charge in [0.2, 0.25) is 0 Å². The van der Waals surface area contributed by atoms with E-state index in [-0.39, 0.29) is 17.8 Å². The van der Waals surface area contributed by atoms with Crippen LogP contribution in [0.15, 0.2) is 47.6 Å². The first kappa shape index (κ1) is 20.1. The van der Waals surface area contributed by atoms with Crippen LogP contribution in [-0.2, 0) is 0 Å². The molecule has 148 valence electrons. The first-order valence-corrected chi connectivity index (χ1v) is 10.4. The van der Waals surface area contributed by atoms with Crippen molar-refractivity contribution in [2.24, 2.45) is 5.92 Å². The van der Waals surface area contributed by atoms with Crippen molar-refractivity contribution in [1.82, 2.24) is 15.2 Å². The molecule has 2 N–H and O–H groups in total. The molecule has 2 heterocycles. The third-order valence-electron chi connectivity index (χ3n) is 4.76. The Morgan fingerprint density at radius 1 is 1.21 bits per heavy atom. The van der Waals surface area contributed by atoms with Gasteiger partial charge in [0.1, 0.15) is 10.8 Å². The predicted molar refractivity (Wildman–Crippen MR) is 108 cm³/mol. The van der Waals surface area contributed by atoms with Crippen LogP contribution >= 0.6 is 11.8 Å². The molecule has 1 aromatic heterocycles.